The first-order valence-electron chi connectivity index (χ1n) is 51.9. The summed E-state index contributed by atoms with van der Waals surface area (Å²) in [6.07, 6.45) is 98.2. The van der Waals surface area contributed by atoms with Gasteiger partial charge in [-0.25, -0.2) is 0 Å². The Morgan fingerprint density at radius 3 is 0.351 bits per heavy atom. The first-order valence-corrected chi connectivity index (χ1v) is 51.9. The normalized spacial score (nSPS) is 13.5. The molecule has 0 heteroatoms. The van der Waals surface area contributed by atoms with E-state index in [4.69, 9.17) is 0 Å². The van der Waals surface area contributed by atoms with Crippen molar-refractivity contribution in [3.63, 3.8) is 0 Å². The van der Waals surface area contributed by atoms with Gasteiger partial charge in [0.15, 0.2) is 0 Å². The number of benzene rings is 3. The Hall–Kier alpha value is -3.66. The molecule has 1 aliphatic rings. The molecule has 0 radical (unpaired) electrons. The van der Waals surface area contributed by atoms with Crippen LogP contribution < -0.4 is 0 Å². The Balaban J connectivity index is 1.90. The maximum atomic E-state index is 4.02. The zero-order valence-electron chi connectivity index (χ0n) is 78.8. The van der Waals surface area contributed by atoms with E-state index in [0.717, 1.165) is 71.9 Å². The van der Waals surface area contributed by atoms with Gasteiger partial charge in [0.1, 0.15) is 0 Å². The average Bonchev–Trinajstić information content (AvgIpc) is 0.797. The van der Waals surface area contributed by atoms with Crippen LogP contribution in [0, 0.1) is 71.0 Å². The van der Waals surface area contributed by atoms with Gasteiger partial charge in [-0.3, -0.25) is 0 Å². The minimum Gasteiger partial charge on any atom is -0.0654 e. The monoisotopic (exact) mass is 1560 g/mol. The zero-order valence-corrected chi connectivity index (χ0v) is 78.8. The molecule has 3 aromatic rings. The van der Waals surface area contributed by atoms with Crippen molar-refractivity contribution in [2.45, 2.75) is 545 Å². The van der Waals surface area contributed by atoms with Crippen molar-refractivity contribution in [2.75, 3.05) is 0 Å². The van der Waals surface area contributed by atoms with Crippen LogP contribution in [0.2, 0.25) is 0 Å². The van der Waals surface area contributed by atoms with Crippen LogP contribution in [0.5, 0.6) is 0 Å². The molecule has 0 heterocycles. The molecular formula is C114H192. The quantitative estimate of drug-likeness (QED) is 0.0305. The van der Waals surface area contributed by atoms with Crippen molar-refractivity contribution >= 4 is 0 Å². The number of rotatable bonds is 78. The molecule has 0 unspecified atom stereocenters. The first kappa shape index (κ1) is 103. The molecule has 648 valence electrons. The molecule has 0 saturated heterocycles. The molecule has 0 aromatic heterocycles. The van der Waals surface area contributed by atoms with E-state index < -0.39 is 0 Å². The summed E-state index contributed by atoms with van der Waals surface area (Å²) in [5, 5.41) is 0. The van der Waals surface area contributed by atoms with E-state index in [0.29, 0.717) is 35.5 Å². The molecule has 0 N–H and O–H groups in total. The smallest absolute Gasteiger partial charge is 0.0408 e. The molecule has 0 amide bonds. The highest BCUT2D eigenvalue weighted by atomic mass is 14.2. The Labute approximate surface area is 715 Å². The lowest BCUT2D eigenvalue weighted by Crippen LogP contribution is -2.09. The van der Waals surface area contributed by atoms with Crippen LogP contribution in [0.4, 0.5) is 0 Å². The maximum absolute atomic E-state index is 4.02. The van der Waals surface area contributed by atoms with Gasteiger partial charge >= 0.3 is 0 Å². The minimum atomic E-state index is 0.620. The van der Waals surface area contributed by atoms with Crippen LogP contribution in [-0.4, -0.2) is 0 Å². The van der Waals surface area contributed by atoms with Crippen LogP contribution in [-0.2, 0) is 38.5 Å². The van der Waals surface area contributed by atoms with Crippen LogP contribution >= 0.6 is 0 Å². The second-order valence-electron chi connectivity index (χ2n) is 38.9. The van der Waals surface area contributed by atoms with Gasteiger partial charge in [0.05, 0.1) is 0 Å². The summed E-state index contributed by atoms with van der Waals surface area (Å²) in [6.45, 7) is 29.4. The zero-order chi connectivity index (χ0) is 81.8. The molecule has 3 aromatic carbocycles. The van der Waals surface area contributed by atoms with Gasteiger partial charge in [-0.05, 0) is 144 Å². The molecule has 0 aliphatic heterocycles. The second kappa shape index (κ2) is 71.1. The van der Waals surface area contributed by atoms with Crippen LogP contribution in [0.25, 0.3) is 0 Å². The van der Waals surface area contributed by atoms with Gasteiger partial charge in [0.2, 0.25) is 0 Å². The third kappa shape index (κ3) is 51.7. The lowest BCUT2D eigenvalue weighted by molar-refractivity contribution is 0.465. The summed E-state index contributed by atoms with van der Waals surface area (Å²) in [5.41, 5.74) is 16.0. The van der Waals surface area contributed by atoms with E-state index in [1.165, 1.54) is 457 Å². The minimum absolute atomic E-state index is 0.620. The predicted octanol–water partition coefficient (Wildman–Crippen LogP) is 37.1. The molecule has 0 bridgehead atoms. The standard InChI is InChI=1S/C114H192/c1-13-19-25-31-37-43-49-55-61-67-73-97(7)85-109-91-103-79-80-105-93-111(87-99(9)75-69-63-57-51-45-39-33-27-21-15-3)113(89-101(11)77-71-65-59-53-47-41-35-29-23-17-5)95-107(105)83-84-108-96-114(90-102(12)78-72-66-60-54-48-42-36-30-24-18-6)112(88-100(10)76-70-64-58-52-46-40-34-28-22-16-4)94-106(108)82-81-104(103)92-110(109)86-98(8)74-68-62-56-50-44-38-32-26-20-14-2/h91-102H,13-78,85-90H2,1-12H3/t97-,98-,99-,100-,101-,102-/m1/s1. The summed E-state index contributed by atoms with van der Waals surface area (Å²) < 4.78 is 0. The Bertz CT molecular complexity index is 2450. The molecule has 4 rings (SSSR count). The molecule has 114 heavy (non-hydrogen) atoms. The van der Waals surface area contributed by atoms with Gasteiger partial charge in [-0.2, -0.15) is 0 Å². The highest BCUT2D eigenvalue weighted by Crippen LogP contribution is 2.33. The highest BCUT2D eigenvalue weighted by Gasteiger charge is 2.21. The van der Waals surface area contributed by atoms with E-state index >= 15 is 0 Å². The van der Waals surface area contributed by atoms with E-state index in [9.17, 15) is 0 Å². The second-order valence-corrected chi connectivity index (χ2v) is 38.9. The van der Waals surface area contributed by atoms with Crippen molar-refractivity contribution in [1.82, 2.24) is 0 Å². The fourth-order valence-corrected chi connectivity index (χ4v) is 19.0. The third-order valence-electron chi connectivity index (χ3n) is 26.7. The summed E-state index contributed by atoms with van der Waals surface area (Å²) in [6, 6.07) is 15.5. The molecule has 1 aliphatic carbocycles. The van der Waals surface area contributed by atoms with Crippen LogP contribution in [0.1, 0.15) is 574 Å². The number of hydrogen-bond acceptors (Lipinski definition) is 0. The summed E-state index contributed by atoms with van der Waals surface area (Å²) >= 11 is 0. The molecule has 0 spiro atoms. The fourth-order valence-electron chi connectivity index (χ4n) is 19.0. The number of unbranched alkanes of at least 4 members (excludes halogenated alkanes) is 54. The molecule has 0 nitrogen and oxygen atoms in total. The number of hydrogen-bond donors (Lipinski definition) is 0. The Kier molecular flexibility index (Phi) is 64.1. The number of fused-ring (bicyclic) bond motifs is 3. The third-order valence-corrected chi connectivity index (χ3v) is 26.7. The van der Waals surface area contributed by atoms with Gasteiger partial charge in [-0.15, -0.1) is 0 Å². The van der Waals surface area contributed by atoms with Crippen molar-refractivity contribution < 1.29 is 0 Å². The molecule has 6 atom stereocenters. The van der Waals surface area contributed by atoms with Crippen molar-refractivity contribution in [3.05, 3.63) is 103 Å². The lowest BCUT2D eigenvalue weighted by Gasteiger charge is -2.20. The van der Waals surface area contributed by atoms with E-state index in [-0.39, 0.29) is 0 Å². The molecule has 0 fully saturated rings. The van der Waals surface area contributed by atoms with E-state index in [1.807, 2.05) is 0 Å². The topological polar surface area (TPSA) is 0 Å². The van der Waals surface area contributed by atoms with Gasteiger partial charge in [-0.1, -0.05) is 542 Å². The van der Waals surface area contributed by atoms with Gasteiger partial charge in [0.25, 0.3) is 0 Å². The first-order chi connectivity index (χ1) is 55.9. The predicted molar refractivity (Wildman–Crippen MR) is 513 cm³/mol. The van der Waals surface area contributed by atoms with Crippen molar-refractivity contribution in [3.8, 4) is 35.5 Å². The van der Waals surface area contributed by atoms with Crippen molar-refractivity contribution in [2.24, 2.45) is 35.5 Å². The highest BCUT2D eigenvalue weighted by molar-refractivity contribution is 5.65. The van der Waals surface area contributed by atoms with Crippen LogP contribution in [0.15, 0.2) is 36.4 Å². The Morgan fingerprint density at radius 1 is 0.149 bits per heavy atom. The fraction of sp³-hybridized carbons (Fsp3) is 0.789. The largest absolute Gasteiger partial charge is 0.0654 e. The van der Waals surface area contributed by atoms with Crippen molar-refractivity contribution in [1.29, 1.82) is 0 Å². The maximum Gasteiger partial charge on any atom is 0.0408 e. The summed E-state index contributed by atoms with van der Waals surface area (Å²) in [4.78, 5) is 0. The van der Waals surface area contributed by atoms with Gasteiger partial charge in [0, 0.05) is 33.4 Å². The van der Waals surface area contributed by atoms with E-state index in [2.05, 4.69) is 155 Å². The summed E-state index contributed by atoms with van der Waals surface area (Å²) in [5.74, 6) is 27.9. The average molecular weight is 1560 g/mol. The Morgan fingerprint density at radius 2 is 0.246 bits per heavy atom. The SMILES string of the molecule is CCCCCCCCCCCC[C@@H](C)Cc1cc2c(cc1C[C@H](C)CCCCCCCCCCCC)C#Cc1cc(C[C@H](C)CCCCCCCCCCCC)c(C[C@H](C)CCCCCCCCCCCC)cc1C#Cc1cc(C[C@H](C)CCCCCCCCCCCC)c(C[C@H](C)CCCCCCCCCCCC)cc1C#C2. The summed E-state index contributed by atoms with van der Waals surface area (Å²) in [7, 11) is 0. The van der Waals surface area contributed by atoms with Crippen LogP contribution in [0.3, 0.4) is 0 Å². The lowest BCUT2D eigenvalue weighted by atomic mass is 9.84. The van der Waals surface area contributed by atoms with Gasteiger partial charge < -0.3 is 0 Å². The molecule has 0 saturated carbocycles. The molecular weight excluding hydrogens is 1370 g/mol. The van der Waals surface area contributed by atoms with E-state index in [1.54, 1.807) is 0 Å².